The first kappa shape index (κ1) is 22.4. The van der Waals surface area contributed by atoms with Gasteiger partial charge in [-0.05, 0) is 61.4 Å². The average molecular weight is 459 g/mol. The van der Waals surface area contributed by atoms with Crippen molar-refractivity contribution in [2.24, 2.45) is 0 Å². The van der Waals surface area contributed by atoms with Gasteiger partial charge in [0.1, 0.15) is 0 Å². The van der Waals surface area contributed by atoms with Gasteiger partial charge in [0.15, 0.2) is 0 Å². The topological polar surface area (TPSA) is 117 Å². The second kappa shape index (κ2) is 9.78. The maximum atomic E-state index is 12.5. The Hall–Kier alpha value is -2.79. The summed E-state index contributed by atoms with van der Waals surface area (Å²) in [6.45, 7) is 3.06. The summed E-state index contributed by atoms with van der Waals surface area (Å²) in [5.74, 6) is -0.455. The van der Waals surface area contributed by atoms with E-state index in [1.54, 1.807) is 24.3 Å². The van der Waals surface area contributed by atoms with Crippen LogP contribution in [-0.2, 0) is 19.6 Å². The predicted molar refractivity (Wildman–Crippen MR) is 120 cm³/mol. The van der Waals surface area contributed by atoms with Crippen molar-refractivity contribution in [2.75, 3.05) is 43.5 Å². The highest BCUT2D eigenvalue weighted by Gasteiger charge is 2.28. The molecule has 2 amide bonds. The van der Waals surface area contributed by atoms with E-state index in [4.69, 9.17) is 4.74 Å². The molecule has 0 bridgehead atoms. The van der Waals surface area contributed by atoms with E-state index < -0.39 is 10.0 Å². The molecule has 4 rings (SSSR count). The molecule has 0 radical (unpaired) electrons. The second-order valence-electron chi connectivity index (χ2n) is 7.89. The van der Waals surface area contributed by atoms with Crippen molar-refractivity contribution in [3.8, 4) is 0 Å². The Morgan fingerprint density at radius 1 is 0.906 bits per heavy atom. The number of benzene rings is 2. The Morgan fingerprint density at radius 2 is 1.50 bits per heavy atom. The molecule has 2 aromatic rings. The van der Waals surface area contributed by atoms with Crippen molar-refractivity contribution in [3.63, 3.8) is 0 Å². The fourth-order valence-corrected chi connectivity index (χ4v) is 4.58. The van der Waals surface area contributed by atoms with Gasteiger partial charge in [-0.25, -0.2) is 13.1 Å². The molecular formula is C22H26N4O5S. The quantitative estimate of drug-likeness (QED) is 0.554. The van der Waals surface area contributed by atoms with E-state index in [-0.39, 0.29) is 22.8 Å². The molecule has 1 aliphatic carbocycles. The third-order valence-corrected chi connectivity index (χ3v) is 6.76. The fraction of sp³-hybridized carbons (Fsp3) is 0.364. The lowest BCUT2D eigenvalue weighted by atomic mass is 10.2. The zero-order valence-electron chi connectivity index (χ0n) is 17.5. The zero-order valence-corrected chi connectivity index (χ0v) is 18.4. The molecule has 1 aliphatic heterocycles. The molecule has 3 N–H and O–H groups in total. The van der Waals surface area contributed by atoms with E-state index in [0.717, 1.165) is 25.9 Å². The summed E-state index contributed by atoms with van der Waals surface area (Å²) in [5.41, 5.74) is 1.55. The molecule has 10 heteroatoms. The van der Waals surface area contributed by atoms with Crippen LogP contribution in [0, 0.1) is 0 Å². The minimum Gasteiger partial charge on any atom is -0.379 e. The normalized spacial score (nSPS) is 17.0. The number of anilines is 2. The van der Waals surface area contributed by atoms with Crippen LogP contribution in [0.25, 0.3) is 0 Å². The summed E-state index contributed by atoms with van der Waals surface area (Å²) in [4.78, 5) is 26.8. The maximum absolute atomic E-state index is 12.5. The SMILES string of the molecule is O=C(CN1CCOCC1)Nc1ccc(NC(=O)c2ccc(S(=O)(=O)NC3CC3)cc2)cc1. The van der Waals surface area contributed by atoms with E-state index in [2.05, 4.69) is 15.4 Å². The molecule has 0 atom stereocenters. The Bertz CT molecular complexity index is 1060. The smallest absolute Gasteiger partial charge is 0.255 e. The lowest BCUT2D eigenvalue weighted by molar-refractivity contribution is -0.118. The van der Waals surface area contributed by atoms with Gasteiger partial charge in [-0.2, -0.15) is 0 Å². The lowest BCUT2D eigenvalue weighted by Crippen LogP contribution is -2.41. The van der Waals surface area contributed by atoms with Gasteiger partial charge in [-0.3, -0.25) is 14.5 Å². The van der Waals surface area contributed by atoms with Crippen molar-refractivity contribution in [3.05, 3.63) is 54.1 Å². The van der Waals surface area contributed by atoms with Crippen LogP contribution < -0.4 is 15.4 Å². The van der Waals surface area contributed by atoms with Gasteiger partial charge in [0, 0.05) is 36.1 Å². The van der Waals surface area contributed by atoms with Crippen molar-refractivity contribution >= 4 is 33.2 Å². The number of morpholine rings is 1. The molecule has 9 nitrogen and oxygen atoms in total. The Kier molecular flexibility index (Phi) is 6.85. The Morgan fingerprint density at radius 3 is 2.09 bits per heavy atom. The number of ether oxygens (including phenoxy) is 1. The number of nitrogens with one attached hydrogen (secondary N) is 3. The highest BCUT2D eigenvalue weighted by molar-refractivity contribution is 7.89. The molecular weight excluding hydrogens is 432 g/mol. The van der Waals surface area contributed by atoms with Crippen molar-refractivity contribution < 1.29 is 22.7 Å². The van der Waals surface area contributed by atoms with Crippen LogP contribution in [0.15, 0.2) is 53.4 Å². The van der Waals surface area contributed by atoms with Crippen LogP contribution >= 0.6 is 0 Å². The first-order valence-corrected chi connectivity index (χ1v) is 12.0. The molecule has 2 aliphatic rings. The maximum Gasteiger partial charge on any atom is 0.255 e. The van der Waals surface area contributed by atoms with Crippen LogP contribution in [0.2, 0.25) is 0 Å². The third kappa shape index (κ3) is 6.13. The summed E-state index contributed by atoms with van der Waals surface area (Å²) >= 11 is 0. The van der Waals surface area contributed by atoms with Gasteiger partial charge >= 0.3 is 0 Å². The molecule has 32 heavy (non-hydrogen) atoms. The van der Waals surface area contributed by atoms with Crippen LogP contribution in [-0.4, -0.2) is 64.0 Å². The average Bonchev–Trinajstić information content (AvgIpc) is 3.59. The molecule has 1 saturated heterocycles. The summed E-state index contributed by atoms with van der Waals surface area (Å²) in [6.07, 6.45) is 1.71. The molecule has 0 unspecified atom stereocenters. The number of carbonyl (C=O) groups excluding carboxylic acids is 2. The first-order valence-electron chi connectivity index (χ1n) is 10.5. The molecule has 2 aromatic carbocycles. The number of hydrogen-bond donors (Lipinski definition) is 3. The summed E-state index contributed by atoms with van der Waals surface area (Å²) in [6, 6.07) is 12.7. The number of carbonyl (C=O) groups is 2. The fourth-order valence-electron chi connectivity index (χ4n) is 3.28. The van der Waals surface area contributed by atoms with Gasteiger partial charge < -0.3 is 15.4 Å². The van der Waals surface area contributed by atoms with E-state index in [1.807, 2.05) is 4.90 Å². The lowest BCUT2D eigenvalue weighted by Gasteiger charge is -2.25. The van der Waals surface area contributed by atoms with Gasteiger partial charge in [-0.1, -0.05) is 0 Å². The molecule has 170 valence electrons. The predicted octanol–water partition coefficient (Wildman–Crippen LogP) is 1.65. The summed E-state index contributed by atoms with van der Waals surface area (Å²) < 4.78 is 32.3. The number of hydrogen-bond acceptors (Lipinski definition) is 6. The van der Waals surface area contributed by atoms with Gasteiger partial charge in [0.2, 0.25) is 15.9 Å². The van der Waals surface area contributed by atoms with E-state index in [0.29, 0.717) is 36.7 Å². The summed E-state index contributed by atoms with van der Waals surface area (Å²) in [7, 11) is -3.55. The van der Waals surface area contributed by atoms with E-state index >= 15 is 0 Å². The zero-order chi connectivity index (χ0) is 22.6. The van der Waals surface area contributed by atoms with Gasteiger partial charge in [0.05, 0.1) is 24.7 Å². The molecule has 0 spiro atoms. The Balaban J connectivity index is 1.30. The monoisotopic (exact) mass is 458 g/mol. The Labute approximate surface area is 187 Å². The number of rotatable bonds is 8. The first-order chi connectivity index (χ1) is 15.4. The van der Waals surface area contributed by atoms with Gasteiger partial charge in [0.25, 0.3) is 5.91 Å². The van der Waals surface area contributed by atoms with Crippen LogP contribution in [0.4, 0.5) is 11.4 Å². The molecule has 1 heterocycles. The highest BCUT2D eigenvalue weighted by Crippen LogP contribution is 2.22. The van der Waals surface area contributed by atoms with Crippen molar-refractivity contribution in [1.82, 2.24) is 9.62 Å². The molecule has 0 aromatic heterocycles. The minimum atomic E-state index is -3.55. The van der Waals surface area contributed by atoms with Crippen LogP contribution in [0.1, 0.15) is 23.2 Å². The molecule has 2 fully saturated rings. The highest BCUT2D eigenvalue weighted by atomic mass is 32.2. The van der Waals surface area contributed by atoms with E-state index in [1.165, 1.54) is 24.3 Å². The van der Waals surface area contributed by atoms with Gasteiger partial charge in [-0.15, -0.1) is 0 Å². The van der Waals surface area contributed by atoms with E-state index in [9.17, 15) is 18.0 Å². The molecule has 1 saturated carbocycles. The van der Waals surface area contributed by atoms with Crippen LogP contribution in [0.5, 0.6) is 0 Å². The second-order valence-corrected chi connectivity index (χ2v) is 9.60. The summed E-state index contributed by atoms with van der Waals surface area (Å²) in [5, 5.41) is 5.61. The standard InChI is InChI=1S/C22H26N4O5S/c27-21(15-26-11-13-31-14-12-26)23-17-3-5-18(6-4-17)24-22(28)16-1-9-20(10-2-16)32(29,30)25-19-7-8-19/h1-6,9-10,19,25H,7-8,11-15H2,(H,23,27)(H,24,28). The van der Waals surface area contributed by atoms with Crippen molar-refractivity contribution in [1.29, 1.82) is 0 Å². The number of sulfonamides is 1. The minimum absolute atomic E-state index is 0.0232. The number of amides is 2. The largest absolute Gasteiger partial charge is 0.379 e. The number of nitrogens with zero attached hydrogens (tertiary/aromatic N) is 1. The third-order valence-electron chi connectivity index (χ3n) is 5.22. The van der Waals surface area contributed by atoms with Crippen molar-refractivity contribution in [2.45, 2.75) is 23.8 Å². The van der Waals surface area contributed by atoms with Crippen LogP contribution in [0.3, 0.4) is 0 Å².